The summed E-state index contributed by atoms with van der Waals surface area (Å²) in [6, 6.07) is 24.1. The fourth-order valence-corrected chi connectivity index (χ4v) is 3.44. The Morgan fingerprint density at radius 1 is 0.821 bits per heavy atom. The van der Waals surface area contributed by atoms with Crippen LogP contribution in [0.15, 0.2) is 71.2 Å². The van der Waals surface area contributed by atoms with E-state index in [1.54, 1.807) is 14.2 Å². The number of methoxy groups -OCH3 is 2. The van der Waals surface area contributed by atoms with Gasteiger partial charge in [-0.3, -0.25) is 0 Å². The van der Waals surface area contributed by atoms with E-state index in [4.69, 9.17) is 9.47 Å². The lowest BCUT2D eigenvalue weighted by Gasteiger charge is -2.26. The molecule has 0 aromatic heterocycles. The summed E-state index contributed by atoms with van der Waals surface area (Å²) in [6.45, 7) is 1.41. The molecule has 0 heterocycles. The molecule has 0 amide bonds. The number of rotatable bonds is 7. The fraction of sp³-hybridized carbons (Fsp3) is 0.174. The molecule has 3 rings (SSSR count). The largest absolute Gasteiger partial charge is 0.497 e. The average molecular weight is 437 g/mol. The van der Waals surface area contributed by atoms with Crippen molar-refractivity contribution in [3.05, 3.63) is 87.9 Å². The third kappa shape index (κ3) is 5.05. The maximum atomic E-state index is 9.35. The van der Waals surface area contributed by atoms with Gasteiger partial charge >= 0.3 is 0 Å². The van der Waals surface area contributed by atoms with E-state index in [0.29, 0.717) is 18.7 Å². The normalized spacial score (nSPS) is 10.2. The van der Waals surface area contributed by atoms with E-state index < -0.39 is 0 Å². The summed E-state index contributed by atoms with van der Waals surface area (Å²) in [5.41, 5.74) is 3.93. The Bertz CT molecular complexity index is 914. The van der Waals surface area contributed by atoms with E-state index in [1.807, 2.05) is 42.5 Å². The van der Waals surface area contributed by atoms with Gasteiger partial charge in [0, 0.05) is 23.2 Å². The number of benzene rings is 3. The van der Waals surface area contributed by atoms with Crippen LogP contribution in [0.5, 0.6) is 11.5 Å². The summed E-state index contributed by atoms with van der Waals surface area (Å²) in [5.74, 6) is 1.67. The Hall–Kier alpha value is -2.97. The van der Waals surface area contributed by atoms with Gasteiger partial charge in [0.15, 0.2) is 0 Å². The third-order valence-electron chi connectivity index (χ3n) is 4.44. The second kappa shape index (κ2) is 9.29. The SMILES string of the molecule is COc1ccc(CN(Cc2ccc(OC)cc2)c2cc(Br)cc(C#N)c2)cc1. The van der Waals surface area contributed by atoms with Crippen LogP contribution in [0.3, 0.4) is 0 Å². The molecule has 3 aromatic rings. The topological polar surface area (TPSA) is 45.5 Å². The van der Waals surface area contributed by atoms with Crippen molar-refractivity contribution in [3.8, 4) is 17.6 Å². The molecule has 0 atom stereocenters. The first-order chi connectivity index (χ1) is 13.6. The molecule has 0 aliphatic heterocycles. The van der Waals surface area contributed by atoms with Gasteiger partial charge < -0.3 is 14.4 Å². The van der Waals surface area contributed by atoms with Gasteiger partial charge in [-0.05, 0) is 53.6 Å². The van der Waals surface area contributed by atoms with Gasteiger partial charge in [-0.1, -0.05) is 40.2 Å². The van der Waals surface area contributed by atoms with Crippen molar-refractivity contribution < 1.29 is 9.47 Å². The zero-order valence-corrected chi connectivity index (χ0v) is 17.4. The molecule has 0 unspecified atom stereocenters. The van der Waals surface area contributed by atoms with Crippen molar-refractivity contribution in [1.29, 1.82) is 5.26 Å². The molecule has 3 aromatic carbocycles. The van der Waals surface area contributed by atoms with Gasteiger partial charge in [0.2, 0.25) is 0 Å². The van der Waals surface area contributed by atoms with Crippen molar-refractivity contribution in [3.63, 3.8) is 0 Å². The first kappa shape index (κ1) is 19.8. The molecule has 0 N–H and O–H groups in total. The van der Waals surface area contributed by atoms with Crippen molar-refractivity contribution in [2.75, 3.05) is 19.1 Å². The molecule has 0 aliphatic carbocycles. The van der Waals surface area contributed by atoms with E-state index in [9.17, 15) is 5.26 Å². The summed E-state index contributed by atoms with van der Waals surface area (Å²) in [7, 11) is 3.33. The molecule has 0 fully saturated rings. The van der Waals surface area contributed by atoms with Gasteiger partial charge in [0.1, 0.15) is 11.5 Å². The van der Waals surface area contributed by atoms with Crippen LogP contribution in [-0.4, -0.2) is 14.2 Å². The smallest absolute Gasteiger partial charge is 0.118 e. The number of nitriles is 1. The van der Waals surface area contributed by atoms with E-state index in [0.717, 1.165) is 32.8 Å². The summed E-state index contributed by atoms with van der Waals surface area (Å²) < 4.78 is 11.4. The first-order valence-corrected chi connectivity index (χ1v) is 9.62. The number of hydrogen-bond donors (Lipinski definition) is 0. The molecule has 4 nitrogen and oxygen atoms in total. The number of anilines is 1. The zero-order chi connectivity index (χ0) is 19.9. The second-order valence-electron chi connectivity index (χ2n) is 6.36. The lowest BCUT2D eigenvalue weighted by Crippen LogP contribution is -2.22. The van der Waals surface area contributed by atoms with Crippen LogP contribution >= 0.6 is 15.9 Å². The first-order valence-electron chi connectivity index (χ1n) is 8.83. The molecular formula is C23H21BrN2O2. The van der Waals surface area contributed by atoms with E-state index >= 15 is 0 Å². The quantitative estimate of drug-likeness (QED) is 0.487. The predicted octanol–water partition coefficient (Wildman–Crippen LogP) is 5.54. The van der Waals surface area contributed by atoms with Crippen LogP contribution in [0.4, 0.5) is 5.69 Å². The van der Waals surface area contributed by atoms with Crippen molar-refractivity contribution in [2.45, 2.75) is 13.1 Å². The molecular weight excluding hydrogens is 416 g/mol. The summed E-state index contributed by atoms with van der Waals surface area (Å²) in [4.78, 5) is 2.25. The van der Waals surface area contributed by atoms with Gasteiger partial charge in [-0.25, -0.2) is 0 Å². The minimum absolute atomic E-state index is 0.624. The fourth-order valence-electron chi connectivity index (χ4n) is 2.96. The van der Waals surface area contributed by atoms with Crippen molar-refractivity contribution >= 4 is 21.6 Å². The van der Waals surface area contributed by atoms with Gasteiger partial charge in [0.05, 0.1) is 25.9 Å². The molecule has 28 heavy (non-hydrogen) atoms. The average Bonchev–Trinajstić information content (AvgIpc) is 2.73. The van der Waals surface area contributed by atoms with Gasteiger partial charge in [-0.15, -0.1) is 0 Å². The van der Waals surface area contributed by atoms with Crippen LogP contribution in [0.1, 0.15) is 16.7 Å². The maximum absolute atomic E-state index is 9.35. The third-order valence-corrected chi connectivity index (χ3v) is 4.90. The highest BCUT2D eigenvalue weighted by Crippen LogP contribution is 2.27. The maximum Gasteiger partial charge on any atom is 0.118 e. The molecule has 0 aliphatic rings. The van der Waals surface area contributed by atoms with E-state index in [1.165, 1.54) is 0 Å². The summed E-state index contributed by atoms with van der Waals surface area (Å²) >= 11 is 3.52. The Kier molecular flexibility index (Phi) is 6.57. The number of nitrogens with zero attached hydrogens (tertiary/aromatic N) is 2. The number of halogens is 1. The summed E-state index contributed by atoms with van der Waals surface area (Å²) in [5, 5.41) is 9.35. The van der Waals surface area contributed by atoms with Crippen LogP contribution < -0.4 is 14.4 Å². The monoisotopic (exact) mass is 436 g/mol. The lowest BCUT2D eigenvalue weighted by molar-refractivity contribution is 0.414. The summed E-state index contributed by atoms with van der Waals surface area (Å²) in [6.07, 6.45) is 0. The highest BCUT2D eigenvalue weighted by molar-refractivity contribution is 9.10. The molecule has 0 saturated heterocycles. The molecule has 0 radical (unpaired) electrons. The minimum Gasteiger partial charge on any atom is -0.497 e. The standard InChI is InChI=1S/C23H21BrN2O2/c1-27-22-7-3-17(4-8-22)15-26(16-18-5-9-23(28-2)10-6-18)21-12-19(14-25)11-20(24)13-21/h3-13H,15-16H2,1-2H3. The Morgan fingerprint density at radius 3 is 1.75 bits per heavy atom. The van der Waals surface area contributed by atoms with Gasteiger partial charge in [-0.2, -0.15) is 5.26 Å². The zero-order valence-electron chi connectivity index (χ0n) is 15.9. The van der Waals surface area contributed by atoms with Crippen LogP contribution in [0.25, 0.3) is 0 Å². The lowest BCUT2D eigenvalue weighted by atomic mass is 10.1. The number of hydrogen-bond acceptors (Lipinski definition) is 4. The highest BCUT2D eigenvalue weighted by atomic mass is 79.9. The Labute approximate surface area is 174 Å². The molecule has 0 bridgehead atoms. The van der Waals surface area contributed by atoms with Crippen molar-refractivity contribution in [2.24, 2.45) is 0 Å². The molecule has 0 saturated carbocycles. The molecule has 142 valence electrons. The minimum atomic E-state index is 0.624. The Balaban J connectivity index is 1.92. The Morgan fingerprint density at radius 2 is 1.32 bits per heavy atom. The molecule has 5 heteroatoms. The van der Waals surface area contributed by atoms with E-state index in [-0.39, 0.29) is 0 Å². The second-order valence-corrected chi connectivity index (χ2v) is 7.28. The molecule has 0 spiro atoms. The van der Waals surface area contributed by atoms with Crippen LogP contribution in [0, 0.1) is 11.3 Å². The van der Waals surface area contributed by atoms with E-state index in [2.05, 4.69) is 51.2 Å². The van der Waals surface area contributed by atoms with Crippen LogP contribution in [-0.2, 0) is 13.1 Å². The highest BCUT2D eigenvalue weighted by Gasteiger charge is 2.11. The van der Waals surface area contributed by atoms with Crippen molar-refractivity contribution in [1.82, 2.24) is 0 Å². The predicted molar refractivity (Wildman–Crippen MR) is 115 cm³/mol. The number of ether oxygens (including phenoxy) is 2. The van der Waals surface area contributed by atoms with Gasteiger partial charge in [0.25, 0.3) is 0 Å². The van der Waals surface area contributed by atoms with Crippen LogP contribution in [0.2, 0.25) is 0 Å².